The van der Waals surface area contributed by atoms with Gasteiger partial charge in [-0.3, -0.25) is 0 Å². The van der Waals surface area contributed by atoms with Crippen LogP contribution in [0.25, 0.3) is 11.3 Å². The molecule has 1 aromatic carbocycles. The first-order valence-corrected chi connectivity index (χ1v) is 6.56. The zero-order chi connectivity index (χ0) is 13.6. The summed E-state index contributed by atoms with van der Waals surface area (Å²) in [5, 5.41) is 0. The number of fused-ring (bicyclic) bond motifs is 1. The molecule has 0 amide bonds. The van der Waals surface area contributed by atoms with Gasteiger partial charge in [0.05, 0.1) is 12.9 Å². The molecule has 4 nitrogen and oxygen atoms in total. The molecule has 0 fully saturated rings. The van der Waals surface area contributed by atoms with Crippen molar-refractivity contribution in [1.82, 2.24) is 9.55 Å². The number of benzene rings is 1. The molecule has 0 unspecified atom stereocenters. The molecule has 0 saturated carbocycles. The maximum atomic E-state index is 6.24. The Morgan fingerprint density at radius 2 is 2.11 bits per heavy atom. The van der Waals surface area contributed by atoms with Gasteiger partial charge >= 0.3 is 0 Å². The highest BCUT2D eigenvalue weighted by Gasteiger charge is 2.20. The lowest BCUT2D eigenvalue weighted by atomic mass is 10.1. The normalized spacial score (nSPS) is 14.3. The van der Waals surface area contributed by atoms with E-state index in [-0.39, 0.29) is 5.54 Å². The number of nitrogens with zero attached hydrogens (tertiary/aromatic N) is 2. The largest absolute Gasteiger partial charge is 0.493 e. The number of ether oxygens (including phenoxy) is 1. The minimum atomic E-state index is -0.0603. The maximum absolute atomic E-state index is 6.24. The molecule has 0 saturated heterocycles. The average molecular weight is 257 g/mol. The Kier molecular flexibility index (Phi) is 2.55. The number of anilines is 1. The fourth-order valence-corrected chi connectivity index (χ4v) is 2.45. The van der Waals surface area contributed by atoms with E-state index in [0.29, 0.717) is 5.82 Å². The molecule has 0 bridgehead atoms. The summed E-state index contributed by atoms with van der Waals surface area (Å²) in [5.41, 5.74) is 9.33. The van der Waals surface area contributed by atoms with Crippen LogP contribution in [0, 0.1) is 0 Å². The third kappa shape index (κ3) is 1.97. The van der Waals surface area contributed by atoms with E-state index >= 15 is 0 Å². The molecule has 1 aromatic heterocycles. The number of nitrogen functional groups attached to an aromatic ring is 1. The molecular formula is C15H19N3O. The number of rotatable bonds is 1. The summed E-state index contributed by atoms with van der Waals surface area (Å²) < 4.78 is 7.53. The summed E-state index contributed by atoms with van der Waals surface area (Å²) in [5.74, 6) is 1.70. The first-order chi connectivity index (χ1) is 8.97. The molecule has 19 heavy (non-hydrogen) atoms. The molecule has 3 rings (SSSR count). The average Bonchev–Trinajstić information content (AvgIpc) is 2.92. The molecular weight excluding hydrogens is 238 g/mol. The van der Waals surface area contributed by atoms with Crippen molar-refractivity contribution in [2.24, 2.45) is 0 Å². The molecule has 1 aliphatic heterocycles. The first-order valence-electron chi connectivity index (χ1n) is 6.56. The fraction of sp³-hybridized carbons (Fsp3) is 0.400. The molecule has 4 heteroatoms. The Morgan fingerprint density at radius 1 is 1.32 bits per heavy atom. The summed E-state index contributed by atoms with van der Waals surface area (Å²) >= 11 is 0. The van der Waals surface area contributed by atoms with E-state index in [4.69, 9.17) is 10.5 Å². The quantitative estimate of drug-likeness (QED) is 0.854. The standard InChI is InChI=1S/C15H19N3O/c1-15(2,3)18-9-17-13(14(18)16)11-4-5-12-10(8-11)6-7-19-12/h4-5,8-9H,6-7,16H2,1-3H3. The molecule has 0 spiro atoms. The molecule has 0 aliphatic carbocycles. The zero-order valence-corrected chi connectivity index (χ0v) is 11.6. The van der Waals surface area contributed by atoms with Crippen molar-refractivity contribution in [3.63, 3.8) is 0 Å². The van der Waals surface area contributed by atoms with Crippen molar-refractivity contribution in [2.75, 3.05) is 12.3 Å². The van der Waals surface area contributed by atoms with Crippen LogP contribution in [0.5, 0.6) is 5.75 Å². The van der Waals surface area contributed by atoms with Gasteiger partial charge in [0.1, 0.15) is 17.3 Å². The summed E-state index contributed by atoms with van der Waals surface area (Å²) in [4.78, 5) is 4.48. The zero-order valence-electron chi connectivity index (χ0n) is 11.6. The third-order valence-electron chi connectivity index (χ3n) is 3.49. The predicted molar refractivity (Wildman–Crippen MR) is 76.3 cm³/mol. The minimum absolute atomic E-state index is 0.0603. The maximum Gasteiger partial charge on any atom is 0.132 e. The molecule has 2 N–H and O–H groups in total. The van der Waals surface area contributed by atoms with Gasteiger partial charge in [-0.05, 0) is 44.5 Å². The second-order valence-electron chi connectivity index (χ2n) is 5.94. The summed E-state index contributed by atoms with van der Waals surface area (Å²) in [6.07, 6.45) is 2.78. The highest BCUT2D eigenvalue weighted by atomic mass is 16.5. The number of nitrogens with two attached hydrogens (primary N) is 1. The predicted octanol–water partition coefficient (Wildman–Crippen LogP) is 2.82. The Hall–Kier alpha value is -1.97. The minimum Gasteiger partial charge on any atom is -0.493 e. The van der Waals surface area contributed by atoms with Crippen LogP contribution < -0.4 is 10.5 Å². The van der Waals surface area contributed by atoms with Crippen LogP contribution in [0.15, 0.2) is 24.5 Å². The molecule has 2 heterocycles. The van der Waals surface area contributed by atoms with E-state index < -0.39 is 0 Å². The topological polar surface area (TPSA) is 53.1 Å². The lowest BCUT2D eigenvalue weighted by Crippen LogP contribution is -2.22. The van der Waals surface area contributed by atoms with Crippen LogP contribution >= 0.6 is 0 Å². The lowest BCUT2D eigenvalue weighted by molar-refractivity contribution is 0.357. The van der Waals surface area contributed by atoms with Gasteiger partial charge in [0.25, 0.3) is 0 Å². The second kappa shape index (κ2) is 4.02. The molecule has 0 radical (unpaired) electrons. The van der Waals surface area contributed by atoms with E-state index in [0.717, 1.165) is 30.0 Å². The molecule has 100 valence electrons. The van der Waals surface area contributed by atoms with Gasteiger partial charge in [0, 0.05) is 17.5 Å². The lowest BCUT2D eigenvalue weighted by Gasteiger charge is -2.22. The van der Waals surface area contributed by atoms with E-state index in [1.54, 1.807) is 0 Å². The van der Waals surface area contributed by atoms with Gasteiger partial charge in [0.2, 0.25) is 0 Å². The van der Waals surface area contributed by atoms with E-state index in [1.807, 2.05) is 23.0 Å². The smallest absolute Gasteiger partial charge is 0.132 e. The van der Waals surface area contributed by atoms with Crippen LogP contribution in [-0.2, 0) is 12.0 Å². The van der Waals surface area contributed by atoms with Crippen molar-refractivity contribution < 1.29 is 4.74 Å². The highest BCUT2D eigenvalue weighted by molar-refractivity contribution is 5.72. The van der Waals surface area contributed by atoms with Gasteiger partial charge < -0.3 is 15.0 Å². The Balaban J connectivity index is 2.06. The van der Waals surface area contributed by atoms with Crippen molar-refractivity contribution in [3.05, 3.63) is 30.1 Å². The van der Waals surface area contributed by atoms with Gasteiger partial charge in [-0.1, -0.05) is 0 Å². The fourth-order valence-electron chi connectivity index (χ4n) is 2.45. The van der Waals surface area contributed by atoms with E-state index in [2.05, 4.69) is 31.8 Å². The number of aromatic nitrogens is 2. The van der Waals surface area contributed by atoms with Crippen LogP contribution in [0.3, 0.4) is 0 Å². The number of hydrogen-bond acceptors (Lipinski definition) is 3. The van der Waals surface area contributed by atoms with Crippen LogP contribution in [-0.4, -0.2) is 16.2 Å². The van der Waals surface area contributed by atoms with Crippen molar-refractivity contribution in [3.8, 4) is 17.0 Å². The second-order valence-corrected chi connectivity index (χ2v) is 5.94. The van der Waals surface area contributed by atoms with Gasteiger partial charge in [-0.15, -0.1) is 0 Å². The Labute approximate surface area is 113 Å². The van der Waals surface area contributed by atoms with E-state index in [9.17, 15) is 0 Å². The summed E-state index contributed by atoms with van der Waals surface area (Å²) in [6, 6.07) is 6.16. The molecule has 0 atom stereocenters. The van der Waals surface area contributed by atoms with Crippen LogP contribution in [0.4, 0.5) is 5.82 Å². The third-order valence-corrected chi connectivity index (χ3v) is 3.49. The molecule has 1 aliphatic rings. The van der Waals surface area contributed by atoms with E-state index in [1.165, 1.54) is 5.56 Å². The summed E-state index contributed by atoms with van der Waals surface area (Å²) in [6.45, 7) is 7.12. The van der Waals surface area contributed by atoms with Crippen LogP contribution in [0.1, 0.15) is 26.3 Å². The van der Waals surface area contributed by atoms with Crippen molar-refractivity contribution in [1.29, 1.82) is 0 Å². The van der Waals surface area contributed by atoms with Crippen LogP contribution in [0.2, 0.25) is 0 Å². The van der Waals surface area contributed by atoms with Crippen molar-refractivity contribution in [2.45, 2.75) is 32.7 Å². The highest BCUT2D eigenvalue weighted by Crippen LogP contribution is 2.33. The Bertz CT molecular complexity index is 623. The number of imidazole rings is 1. The van der Waals surface area contributed by atoms with Gasteiger partial charge in [-0.2, -0.15) is 0 Å². The Morgan fingerprint density at radius 3 is 2.79 bits per heavy atom. The number of hydrogen-bond donors (Lipinski definition) is 1. The monoisotopic (exact) mass is 257 g/mol. The summed E-state index contributed by atoms with van der Waals surface area (Å²) in [7, 11) is 0. The van der Waals surface area contributed by atoms with Gasteiger partial charge in [0.15, 0.2) is 0 Å². The molecule has 2 aromatic rings. The van der Waals surface area contributed by atoms with Gasteiger partial charge in [-0.25, -0.2) is 4.98 Å². The SMILES string of the molecule is CC(C)(C)n1cnc(-c2ccc3c(c2)CCO3)c1N. The first kappa shape index (κ1) is 12.1. The van der Waals surface area contributed by atoms with Crippen molar-refractivity contribution >= 4 is 5.82 Å².